The first-order valence-electron chi connectivity index (χ1n) is 8.31. The Hall–Kier alpha value is -2.16. The summed E-state index contributed by atoms with van der Waals surface area (Å²) in [6.07, 6.45) is 2.22. The monoisotopic (exact) mass is 406 g/mol. The Labute approximate surface area is 163 Å². The number of amides is 1. The number of carbonyl (C=O) groups excluding carboxylic acids is 2. The molecule has 6 nitrogen and oxygen atoms in total. The predicted molar refractivity (Wildman–Crippen MR) is 109 cm³/mol. The van der Waals surface area contributed by atoms with E-state index in [1.165, 1.54) is 30.8 Å². The standard InChI is InChI=1S/C19H22N2O4S2/c1-14(22)15-7-6-8-16(13-15)20-19(23)18(11-12-26-2)21-27(24,25)17-9-4-3-5-10-17/h3-10,13,18,21H,11-12H2,1-2H3,(H,20,23)/t18-/m1/s1. The first-order valence-corrected chi connectivity index (χ1v) is 11.2. The van der Waals surface area contributed by atoms with Gasteiger partial charge in [-0.05, 0) is 49.6 Å². The number of nitrogens with one attached hydrogen (secondary N) is 2. The van der Waals surface area contributed by atoms with Gasteiger partial charge in [0.2, 0.25) is 15.9 Å². The van der Waals surface area contributed by atoms with Crippen molar-refractivity contribution in [2.75, 3.05) is 17.3 Å². The largest absolute Gasteiger partial charge is 0.325 e. The maximum Gasteiger partial charge on any atom is 0.242 e. The van der Waals surface area contributed by atoms with E-state index in [0.29, 0.717) is 23.4 Å². The van der Waals surface area contributed by atoms with Crippen LogP contribution in [0.2, 0.25) is 0 Å². The maximum atomic E-state index is 12.7. The van der Waals surface area contributed by atoms with Crippen LogP contribution in [0.4, 0.5) is 5.69 Å². The molecule has 0 fully saturated rings. The van der Waals surface area contributed by atoms with E-state index in [1.54, 1.807) is 42.5 Å². The summed E-state index contributed by atoms with van der Waals surface area (Å²) in [7, 11) is -3.82. The van der Waals surface area contributed by atoms with E-state index in [4.69, 9.17) is 0 Å². The zero-order valence-electron chi connectivity index (χ0n) is 15.1. The molecule has 27 heavy (non-hydrogen) atoms. The average molecular weight is 407 g/mol. The number of sulfonamides is 1. The van der Waals surface area contributed by atoms with Crippen molar-refractivity contribution in [1.29, 1.82) is 0 Å². The minimum atomic E-state index is -3.82. The predicted octanol–water partition coefficient (Wildman–Crippen LogP) is 2.93. The summed E-state index contributed by atoms with van der Waals surface area (Å²) in [5.74, 6) is 0.0298. The Morgan fingerprint density at radius 3 is 2.41 bits per heavy atom. The number of carbonyl (C=O) groups is 2. The van der Waals surface area contributed by atoms with E-state index in [9.17, 15) is 18.0 Å². The van der Waals surface area contributed by atoms with Crippen molar-refractivity contribution in [3.05, 3.63) is 60.2 Å². The lowest BCUT2D eigenvalue weighted by molar-refractivity contribution is -0.117. The number of benzene rings is 2. The zero-order valence-corrected chi connectivity index (χ0v) is 16.8. The van der Waals surface area contributed by atoms with E-state index in [1.807, 2.05) is 6.26 Å². The van der Waals surface area contributed by atoms with Crippen LogP contribution in [0, 0.1) is 0 Å². The van der Waals surface area contributed by atoms with Crippen molar-refractivity contribution in [3.8, 4) is 0 Å². The van der Waals surface area contributed by atoms with Crippen LogP contribution in [-0.4, -0.2) is 38.2 Å². The molecule has 0 spiro atoms. The topological polar surface area (TPSA) is 92.3 Å². The van der Waals surface area contributed by atoms with Crippen LogP contribution >= 0.6 is 11.8 Å². The van der Waals surface area contributed by atoms with Crippen LogP contribution in [0.3, 0.4) is 0 Å². The SMILES string of the molecule is CSCC[C@@H](NS(=O)(=O)c1ccccc1)C(=O)Nc1cccc(C(C)=O)c1. The Bertz CT molecular complexity index is 899. The normalized spacial score (nSPS) is 12.4. The smallest absolute Gasteiger partial charge is 0.242 e. The van der Waals surface area contributed by atoms with Crippen molar-refractivity contribution in [2.45, 2.75) is 24.3 Å². The van der Waals surface area contributed by atoms with E-state index in [0.717, 1.165) is 0 Å². The van der Waals surface area contributed by atoms with Crippen LogP contribution in [-0.2, 0) is 14.8 Å². The summed E-state index contributed by atoms with van der Waals surface area (Å²) < 4.78 is 27.6. The highest BCUT2D eigenvalue weighted by Crippen LogP contribution is 2.14. The Morgan fingerprint density at radius 1 is 1.07 bits per heavy atom. The molecule has 0 saturated heterocycles. The number of ketones is 1. The van der Waals surface area contributed by atoms with Gasteiger partial charge in [-0.3, -0.25) is 9.59 Å². The summed E-state index contributed by atoms with van der Waals surface area (Å²) in [5, 5.41) is 2.69. The molecule has 1 amide bonds. The van der Waals surface area contributed by atoms with Gasteiger partial charge in [-0.15, -0.1) is 0 Å². The van der Waals surface area contributed by atoms with Crippen molar-refractivity contribution in [1.82, 2.24) is 4.72 Å². The summed E-state index contributed by atoms with van der Waals surface area (Å²) in [6.45, 7) is 1.44. The molecule has 2 rings (SSSR count). The van der Waals surface area contributed by atoms with Gasteiger partial charge in [0.25, 0.3) is 0 Å². The molecule has 0 aliphatic carbocycles. The second-order valence-electron chi connectivity index (χ2n) is 5.89. The minimum Gasteiger partial charge on any atom is -0.325 e. The number of rotatable bonds is 9. The third kappa shape index (κ3) is 6.20. The van der Waals surface area contributed by atoms with Gasteiger partial charge in [0.15, 0.2) is 5.78 Å². The second-order valence-corrected chi connectivity index (χ2v) is 8.59. The molecule has 0 unspecified atom stereocenters. The van der Waals surface area contributed by atoms with Crippen molar-refractivity contribution in [3.63, 3.8) is 0 Å². The van der Waals surface area contributed by atoms with Gasteiger partial charge in [0.1, 0.15) is 6.04 Å². The molecule has 0 bridgehead atoms. The summed E-state index contributed by atoms with van der Waals surface area (Å²) in [6, 6.07) is 13.5. The first kappa shape index (κ1) is 21.1. The summed E-state index contributed by atoms with van der Waals surface area (Å²) >= 11 is 1.52. The molecule has 0 radical (unpaired) electrons. The van der Waals surface area contributed by atoms with Gasteiger partial charge in [-0.1, -0.05) is 30.3 Å². The van der Waals surface area contributed by atoms with Gasteiger partial charge >= 0.3 is 0 Å². The fourth-order valence-electron chi connectivity index (χ4n) is 2.38. The zero-order chi connectivity index (χ0) is 19.9. The van der Waals surface area contributed by atoms with Gasteiger partial charge in [0.05, 0.1) is 4.90 Å². The van der Waals surface area contributed by atoms with E-state index in [-0.39, 0.29) is 10.7 Å². The molecule has 0 heterocycles. The number of hydrogen-bond acceptors (Lipinski definition) is 5. The Balaban J connectivity index is 2.18. The van der Waals surface area contributed by atoms with Gasteiger partial charge in [-0.25, -0.2) is 8.42 Å². The third-order valence-corrected chi connectivity index (χ3v) is 5.95. The molecule has 0 saturated carbocycles. The van der Waals surface area contributed by atoms with Crippen LogP contribution in [0.1, 0.15) is 23.7 Å². The average Bonchev–Trinajstić information content (AvgIpc) is 2.66. The quantitative estimate of drug-likeness (QED) is 0.625. The summed E-state index contributed by atoms with van der Waals surface area (Å²) in [4.78, 5) is 24.3. The molecule has 0 aliphatic heterocycles. The lowest BCUT2D eigenvalue weighted by Gasteiger charge is -2.18. The molecule has 0 aliphatic rings. The van der Waals surface area contributed by atoms with Crippen LogP contribution < -0.4 is 10.0 Å². The van der Waals surface area contributed by atoms with Crippen LogP contribution in [0.25, 0.3) is 0 Å². The molecule has 144 valence electrons. The van der Waals surface area contributed by atoms with Gasteiger partial charge in [-0.2, -0.15) is 16.5 Å². The maximum absolute atomic E-state index is 12.7. The van der Waals surface area contributed by atoms with Gasteiger partial charge in [0, 0.05) is 11.3 Å². The van der Waals surface area contributed by atoms with E-state index < -0.39 is 22.0 Å². The highest BCUT2D eigenvalue weighted by molar-refractivity contribution is 7.98. The van der Waals surface area contributed by atoms with Crippen molar-refractivity contribution >= 4 is 39.2 Å². The molecule has 2 aromatic rings. The van der Waals surface area contributed by atoms with E-state index in [2.05, 4.69) is 10.0 Å². The highest BCUT2D eigenvalue weighted by Gasteiger charge is 2.25. The number of thioether (sulfide) groups is 1. The second kappa shape index (κ2) is 9.68. The molecule has 0 aromatic heterocycles. The molecular weight excluding hydrogens is 384 g/mol. The third-order valence-electron chi connectivity index (χ3n) is 3.81. The Kier molecular flexibility index (Phi) is 7.58. The minimum absolute atomic E-state index is 0.102. The first-order chi connectivity index (χ1) is 12.8. The van der Waals surface area contributed by atoms with Gasteiger partial charge < -0.3 is 5.32 Å². The lowest BCUT2D eigenvalue weighted by Crippen LogP contribution is -2.44. The van der Waals surface area contributed by atoms with Crippen molar-refractivity contribution in [2.24, 2.45) is 0 Å². The lowest BCUT2D eigenvalue weighted by atomic mass is 10.1. The van der Waals surface area contributed by atoms with E-state index >= 15 is 0 Å². The number of anilines is 1. The van der Waals surface area contributed by atoms with Crippen molar-refractivity contribution < 1.29 is 18.0 Å². The fourth-order valence-corrected chi connectivity index (χ4v) is 4.10. The molecule has 1 atom stereocenters. The van der Waals surface area contributed by atoms with Crippen LogP contribution in [0.5, 0.6) is 0 Å². The molecule has 8 heteroatoms. The molecule has 2 N–H and O–H groups in total. The molecular formula is C19H22N2O4S2. The number of Topliss-reactive ketones (excluding diaryl/α,β-unsaturated/α-hetero) is 1. The number of hydrogen-bond donors (Lipinski definition) is 2. The molecule has 2 aromatic carbocycles. The fraction of sp³-hybridized carbons (Fsp3) is 0.263. The highest BCUT2D eigenvalue weighted by atomic mass is 32.2. The Morgan fingerprint density at radius 2 is 1.78 bits per heavy atom. The summed E-state index contributed by atoms with van der Waals surface area (Å²) in [5.41, 5.74) is 0.916. The van der Waals surface area contributed by atoms with Crippen LogP contribution in [0.15, 0.2) is 59.5 Å².